The summed E-state index contributed by atoms with van der Waals surface area (Å²) >= 11 is 0. The van der Waals surface area contributed by atoms with E-state index < -0.39 is 97.5 Å². The molecule has 17 nitrogen and oxygen atoms in total. The second kappa shape index (κ2) is 68.9. The van der Waals surface area contributed by atoms with Gasteiger partial charge in [0, 0.05) is 25.7 Å². The van der Waals surface area contributed by atoms with Crippen molar-refractivity contribution in [3.8, 4) is 0 Å². The fourth-order valence-corrected chi connectivity index (χ4v) is 13.2. The summed E-state index contributed by atoms with van der Waals surface area (Å²) in [5.74, 6) is 0.154. The Hall–Kier alpha value is -2.46. The quantitative estimate of drug-likeness (QED) is 0.0169. The van der Waals surface area contributed by atoms with E-state index in [9.17, 15) is 43.2 Å². The summed E-state index contributed by atoms with van der Waals surface area (Å²) in [5, 5.41) is 10.6. The van der Waals surface area contributed by atoms with Crippen molar-refractivity contribution in [2.24, 2.45) is 17.8 Å². The number of phosphoric acid groups is 2. The zero-order chi connectivity index (χ0) is 72.3. The smallest absolute Gasteiger partial charge is 0.462 e. The molecule has 0 aliphatic carbocycles. The molecule has 0 rings (SSSR count). The zero-order valence-electron chi connectivity index (χ0n) is 63.7. The number of phosphoric ester groups is 2. The van der Waals surface area contributed by atoms with Gasteiger partial charge in [-0.15, -0.1) is 0 Å². The first kappa shape index (κ1) is 95.5. The molecular formula is C79H150O17P2. The molecule has 5 atom stereocenters. The number of carbonyl (C=O) groups is 4. The van der Waals surface area contributed by atoms with Crippen LogP contribution in [0.1, 0.15) is 382 Å². The molecule has 0 saturated carbocycles. The highest BCUT2D eigenvalue weighted by Gasteiger charge is 2.30. The predicted octanol–water partition coefficient (Wildman–Crippen LogP) is 22.9. The lowest BCUT2D eigenvalue weighted by molar-refractivity contribution is -0.161. The van der Waals surface area contributed by atoms with Crippen LogP contribution in [0.25, 0.3) is 0 Å². The molecule has 0 radical (unpaired) electrons. The van der Waals surface area contributed by atoms with Crippen LogP contribution in [0.3, 0.4) is 0 Å². The summed E-state index contributed by atoms with van der Waals surface area (Å²) in [7, 11) is -9.93. The zero-order valence-corrected chi connectivity index (χ0v) is 65.5. The molecule has 98 heavy (non-hydrogen) atoms. The molecule has 0 aromatic carbocycles. The second-order valence-corrected chi connectivity index (χ2v) is 32.1. The number of esters is 4. The van der Waals surface area contributed by atoms with Gasteiger partial charge in [0.2, 0.25) is 0 Å². The Morgan fingerprint density at radius 1 is 0.316 bits per heavy atom. The Kier molecular flexibility index (Phi) is 67.2. The topological polar surface area (TPSA) is 237 Å². The minimum absolute atomic E-state index is 0.0843. The minimum atomic E-state index is -4.97. The maximum absolute atomic E-state index is 13.1. The fourth-order valence-electron chi connectivity index (χ4n) is 11.6. The van der Waals surface area contributed by atoms with Crippen LogP contribution in [0.15, 0.2) is 24.3 Å². The number of rotatable bonds is 75. The molecule has 0 amide bonds. The van der Waals surface area contributed by atoms with Crippen LogP contribution in [0.4, 0.5) is 0 Å². The molecule has 0 bridgehead atoms. The van der Waals surface area contributed by atoms with Gasteiger partial charge in [-0.2, -0.15) is 0 Å². The molecule has 0 aromatic rings. The normalized spacial score (nSPS) is 14.2. The first-order valence-corrected chi connectivity index (χ1v) is 43.2. The Labute approximate surface area is 599 Å². The summed E-state index contributed by atoms with van der Waals surface area (Å²) in [6.45, 7) is 11.9. The van der Waals surface area contributed by atoms with Gasteiger partial charge in [0.1, 0.15) is 19.3 Å². The van der Waals surface area contributed by atoms with Crippen LogP contribution >= 0.6 is 15.6 Å². The third kappa shape index (κ3) is 71.9. The second-order valence-electron chi connectivity index (χ2n) is 29.2. The molecule has 0 aliphatic rings. The minimum Gasteiger partial charge on any atom is -0.462 e. The van der Waals surface area contributed by atoms with E-state index in [1.807, 2.05) is 0 Å². The first-order valence-electron chi connectivity index (χ1n) is 40.2. The van der Waals surface area contributed by atoms with Gasteiger partial charge < -0.3 is 33.8 Å². The summed E-state index contributed by atoms with van der Waals surface area (Å²) < 4.78 is 68.6. The number of allylic oxidation sites excluding steroid dienone is 4. The highest BCUT2D eigenvalue weighted by atomic mass is 31.2. The largest absolute Gasteiger partial charge is 0.472 e. The third-order valence-electron chi connectivity index (χ3n) is 17.8. The molecule has 0 aromatic heterocycles. The van der Waals surface area contributed by atoms with Crippen molar-refractivity contribution in [3.63, 3.8) is 0 Å². The molecule has 2 unspecified atom stereocenters. The van der Waals surface area contributed by atoms with Crippen molar-refractivity contribution in [2.45, 2.75) is 401 Å². The highest BCUT2D eigenvalue weighted by molar-refractivity contribution is 7.47. The average molecular weight is 1430 g/mol. The van der Waals surface area contributed by atoms with Gasteiger partial charge in [0.15, 0.2) is 12.2 Å². The van der Waals surface area contributed by atoms with Gasteiger partial charge in [-0.05, 0) is 69.1 Å². The van der Waals surface area contributed by atoms with Crippen molar-refractivity contribution in [1.82, 2.24) is 0 Å². The SMILES string of the molecule is CCCCCC/C=C\C=C/CCCCCCCC(=O)O[C@H](COC(=O)CCCCCCCCCCC(C)C)COP(=O)(O)OC[C@H](O)COP(=O)(O)OC[C@@H](COC(=O)CCCCCCCCCCCCCCCC(C)C)OC(=O)CCCCCCCCCCCCCCCC(C)C. The fraction of sp³-hybridized carbons (Fsp3) is 0.899. The van der Waals surface area contributed by atoms with E-state index >= 15 is 0 Å². The molecule has 0 spiro atoms. The highest BCUT2D eigenvalue weighted by Crippen LogP contribution is 2.45. The van der Waals surface area contributed by atoms with Gasteiger partial charge in [0.05, 0.1) is 26.4 Å². The Morgan fingerprint density at radius 3 is 0.827 bits per heavy atom. The third-order valence-corrected chi connectivity index (χ3v) is 19.7. The number of aliphatic hydroxyl groups excluding tert-OH is 1. The molecule has 578 valence electrons. The van der Waals surface area contributed by atoms with Gasteiger partial charge in [-0.25, -0.2) is 9.13 Å². The molecule has 0 aliphatic heterocycles. The van der Waals surface area contributed by atoms with E-state index in [-0.39, 0.29) is 25.7 Å². The van der Waals surface area contributed by atoms with Gasteiger partial charge in [0.25, 0.3) is 0 Å². The lowest BCUT2D eigenvalue weighted by atomic mass is 10.0. The number of unbranched alkanes of at least 4 members (excludes halogenated alkanes) is 40. The van der Waals surface area contributed by atoms with Crippen LogP contribution in [-0.4, -0.2) is 96.7 Å². The van der Waals surface area contributed by atoms with Crippen LogP contribution in [0.5, 0.6) is 0 Å². The average Bonchev–Trinajstić information content (AvgIpc) is 0.973. The van der Waals surface area contributed by atoms with Crippen LogP contribution in [0.2, 0.25) is 0 Å². The van der Waals surface area contributed by atoms with Crippen molar-refractivity contribution in [2.75, 3.05) is 39.6 Å². The van der Waals surface area contributed by atoms with Crippen LogP contribution in [0, 0.1) is 17.8 Å². The van der Waals surface area contributed by atoms with Crippen LogP contribution in [-0.2, 0) is 65.4 Å². The lowest BCUT2D eigenvalue weighted by Gasteiger charge is -2.21. The lowest BCUT2D eigenvalue weighted by Crippen LogP contribution is -2.30. The maximum atomic E-state index is 13.1. The standard InChI is InChI=1S/C79H150O17P2/c1-8-9-10-11-12-13-14-15-16-21-27-32-41-48-55-62-78(83)96-75(67-90-77(82)61-54-47-40-35-34-38-45-52-59-72(6)7)69-94-98(87,88)92-65-73(80)64-91-97(85,86)93-68-74(95-79(84)63-56-49-42-33-28-23-18-20-25-30-37-44-51-58-71(4)5)66-89-76(81)60-53-46-39-31-26-22-17-19-24-29-36-43-50-57-70(2)3/h13-16,70-75,80H,8-12,17-69H2,1-7H3,(H,85,86)(H,87,88)/b14-13-,16-15-/t73-,74-,75-/m1/s1. The van der Waals surface area contributed by atoms with Gasteiger partial charge in [-0.3, -0.25) is 37.3 Å². The van der Waals surface area contributed by atoms with Crippen molar-refractivity contribution in [3.05, 3.63) is 24.3 Å². The van der Waals surface area contributed by atoms with E-state index in [0.29, 0.717) is 25.7 Å². The molecule has 0 saturated heterocycles. The Balaban J connectivity index is 5.30. The molecule has 19 heteroatoms. The summed E-state index contributed by atoms with van der Waals surface area (Å²) in [5.41, 5.74) is 0. The maximum Gasteiger partial charge on any atom is 0.472 e. The summed E-state index contributed by atoms with van der Waals surface area (Å²) in [6, 6.07) is 0. The summed E-state index contributed by atoms with van der Waals surface area (Å²) in [6.07, 6.45) is 59.0. The molecule has 0 fully saturated rings. The van der Waals surface area contributed by atoms with Gasteiger partial charge in [-0.1, -0.05) is 330 Å². The van der Waals surface area contributed by atoms with E-state index in [2.05, 4.69) is 72.8 Å². The first-order chi connectivity index (χ1) is 47.2. The van der Waals surface area contributed by atoms with Gasteiger partial charge >= 0.3 is 39.5 Å². The Morgan fingerprint density at radius 2 is 0.551 bits per heavy atom. The Bertz CT molecular complexity index is 2000. The number of hydrogen-bond donors (Lipinski definition) is 3. The molecular weight excluding hydrogens is 1280 g/mol. The van der Waals surface area contributed by atoms with Crippen molar-refractivity contribution < 1.29 is 80.2 Å². The van der Waals surface area contributed by atoms with E-state index in [1.165, 1.54) is 173 Å². The van der Waals surface area contributed by atoms with Crippen molar-refractivity contribution >= 4 is 39.5 Å². The molecule has 0 heterocycles. The predicted molar refractivity (Wildman–Crippen MR) is 400 cm³/mol. The van der Waals surface area contributed by atoms with E-state index in [1.54, 1.807) is 0 Å². The summed E-state index contributed by atoms with van der Waals surface area (Å²) in [4.78, 5) is 72.9. The number of carbonyl (C=O) groups excluding carboxylic acids is 4. The van der Waals surface area contributed by atoms with Crippen molar-refractivity contribution in [1.29, 1.82) is 0 Å². The van der Waals surface area contributed by atoms with Crippen LogP contribution < -0.4 is 0 Å². The number of ether oxygens (including phenoxy) is 4. The molecule has 3 N–H and O–H groups in total. The van der Waals surface area contributed by atoms with E-state index in [4.69, 9.17) is 37.0 Å². The number of hydrogen-bond acceptors (Lipinski definition) is 15. The van der Waals surface area contributed by atoms with E-state index in [0.717, 1.165) is 127 Å². The monoisotopic (exact) mass is 1430 g/mol. The number of aliphatic hydroxyl groups is 1.